The number of rotatable bonds is 4. The number of halogens is 4. The maximum atomic E-state index is 14.1. The van der Waals surface area contributed by atoms with Gasteiger partial charge in [0.2, 0.25) is 5.96 Å². The summed E-state index contributed by atoms with van der Waals surface area (Å²) in [6.07, 6.45) is -4.09. The van der Waals surface area contributed by atoms with Crippen LogP contribution in [0.2, 0.25) is 0 Å². The highest BCUT2D eigenvalue weighted by atomic mass is 19.4. The number of hydrogen-bond acceptors (Lipinski definition) is 5. The smallest absolute Gasteiger partial charge is 0.399 e. The number of carbonyl (C=O) groups is 1. The lowest BCUT2D eigenvalue weighted by atomic mass is 9.99. The van der Waals surface area contributed by atoms with Gasteiger partial charge in [0.1, 0.15) is 5.82 Å². The van der Waals surface area contributed by atoms with E-state index in [1.165, 1.54) is 11.0 Å². The molecular formula is C24H23F4N5O. The number of fused-ring (bicyclic) bond motifs is 2. The van der Waals surface area contributed by atoms with E-state index in [2.05, 4.69) is 9.89 Å². The summed E-state index contributed by atoms with van der Waals surface area (Å²) in [6, 6.07) is 10.4. The molecule has 0 saturated heterocycles. The van der Waals surface area contributed by atoms with E-state index in [1.807, 2.05) is 29.2 Å². The minimum atomic E-state index is -4.77. The molecule has 1 amide bonds. The Labute approximate surface area is 193 Å². The van der Waals surface area contributed by atoms with E-state index in [9.17, 15) is 22.4 Å². The molecule has 2 aromatic rings. The first-order valence-corrected chi connectivity index (χ1v) is 11.0. The Balaban J connectivity index is 1.39. The fraction of sp³-hybridized carbons (Fsp3) is 0.333. The van der Waals surface area contributed by atoms with E-state index in [1.54, 1.807) is 0 Å². The van der Waals surface area contributed by atoms with E-state index in [-0.39, 0.29) is 18.0 Å². The first-order valence-electron chi connectivity index (χ1n) is 11.0. The molecule has 2 N–H and O–H groups in total. The van der Waals surface area contributed by atoms with Gasteiger partial charge in [-0.15, -0.1) is 0 Å². The van der Waals surface area contributed by atoms with Crippen LogP contribution in [0.4, 0.5) is 23.2 Å². The standard InChI is InChI=1S/C24H23F4N5O/c25-20-11-16(4-5-19(20)24(26,27)28)13-33-22(34)18-14-31(12-15-2-1-3-17(29)10-15)8-6-21(18)32-9-7-30-23(32)33/h1-5,10-11H,6-9,12-14,29H2. The number of guanidine groups is 1. The minimum absolute atomic E-state index is 0.0603. The summed E-state index contributed by atoms with van der Waals surface area (Å²) in [5.41, 5.74) is 8.15. The summed E-state index contributed by atoms with van der Waals surface area (Å²) < 4.78 is 52.9. The molecule has 0 atom stereocenters. The van der Waals surface area contributed by atoms with Crippen LogP contribution in [-0.2, 0) is 24.1 Å². The molecule has 6 nitrogen and oxygen atoms in total. The van der Waals surface area contributed by atoms with Gasteiger partial charge >= 0.3 is 6.18 Å². The fourth-order valence-corrected chi connectivity index (χ4v) is 4.77. The van der Waals surface area contributed by atoms with Crippen LogP contribution in [0.15, 0.2) is 58.7 Å². The van der Waals surface area contributed by atoms with Crippen LogP contribution in [0.1, 0.15) is 23.1 Å². The maximum absolute atomic E-state index is 14.1. The second-order valence-electron chi connectivity index (χ2n) is 8.67. The zero-order chi connectivity index (χ0) is 24.0. The van der Waals surface area contributed by atoms with Crippen molar-refractivity contribution in [1.29, 1.82) is 0 Å². The van der Waals surface area contributed by atoms with Crippen molar-refractivity contribution in [1.82, 2.24) is 14.7 Å². The third-order valence-corrected chi connectivity index (χ3v) is 6.32. The van der Waals surface area contributed by atoms with E-state index >= 15 is 0 Å². The number of benzene rings is 2. The van der Waals surface area contributed by atoms with Crippen LogP contribution in [-0.4, -0.2) is 52.7 Å². The summed E-state index contributed by atoms with van der Waals surface area (Å²) in [5, 5.41) is 0. The molecule has 0 bridgehead atoms. The summed E-state index contributed by atoms with van der Waals surface area (Å²) in [5.74, 6) is -1.12. The highest BCUT2D eigenvalue weighted by Crippen LogP contribution is 2.34. The largest absolute Gasteiger partial charge is 0.419 e. The van der Waals surface area contributed by atoms with E-state index in [4.69, 9.17) is 5.73 Å². The number of nitrogens with two attached hydrogens (primary N) is 1. The summed E-state index contributed by atoms with van der Waals surface area (Å²) in [7, 11) is 0. The number of carbonyl (C=O) groups excluding carboxylic acids is 1. The van der Waals surface area contributed by atoms with Crippen LogP contribution in [0, 0.1) is 5.82 Å². The number of amides is 1. The lowest BCUT2D eigenvalue weighted by Crippen LogP contribution is -2.53. The van der Waals surface area contributed by atoms with Crippen molar-refractivity contribution in [2.45, 2.75) is 25.7 Å². The molecular weight excluding hydrogens is 450 g/mol. The molecule has 178 valence electrons. The topological polar surface area (TPSA) is 65.2 Å². The van der Waals surface area contributed by atoms with Gasteiger partial charge in [-0.25, -0.2) is 4.39 Å². The summed E-state index contributed by atoms with van der Waals surface area (Å²) >= 11 is 0. The number of alkyl halides is 3. The highest BCUT2D eigenvalue weighted by Gasteiger charge is 2.41. The predicted octanol–water partition coefficient (Wildman–Crippen LogP) is 3.60. The number of anilines is 1. The van der Waals surface area contributed by atoms with Gasteiger partial charge in [-0.1, -0.05) is 18.2 Å². The van der Waals surface area contributed by atoms with Crippen molar-refractivity contribution in [3.05, 3.63) is 76.2 Å². The highest BCUT2D eigenvalue weighted by molar-refractivity contribution is 6.09. The van der Waals surface area contributed by atoms with Crippen molar-refractivity contribution in [3.63, 3.8) is 0 Å². The van der Waals surface area contributed by atoms with Crippen LogP contribution in [0.5, 0.6) is 0 Å². The average molecular weight is 473 g/mol. The maximum Gasteiger partial charge on any atom is 0.419 e. The zero-order valence-electron chi connectivity index (χ0n) is 18.3. The van der Waals surface area contributed by atoms with Gasteiger partial charge in [-0.05, 0) is 35.4 Å². The third-order valence-electron chi connectivity index (χ3n) is 6.32. The van der Waals surface area contributed by atoms with Gasteiger partial charge in [0.05, 0.1) is 24.2 Å². The van der Waals surface area contributed by atoms with Crippen LogP contribution in [0.3, 0.4) is 0 Å². The molecule has 3 aliphatic rings. The second kappa shape index (κ2) is 8.43. The third kappa shape index (κ3) is 4.13. The Morgan fingerprint density at radius 2 is 1.82 bits per heavy atom. The Kier molecular flexibility index (Phi) is 5.55. The monoisotopic (exact) mass is 473 g/mol. The zero-order valence-corrected chi connectivity index (χ0v) is 18.3. The van der Waals surface area contributed by atoms with Crippen molar-refractivity contribution in [2.24, 2.45) is 4.99 Å². The molecule has 0 saturated carbocycles. The summed E-state index contributed by atoms with van der Waals surface area (Å²) in [6.45, 7) is 2.94. The average Bonchev–Trinajstić information content (AvgIpc) is 3.26. The van der Waals surface area contributed by atoms with Crippen molar-refractivity contribution >= 4 is 17.6 Å². The van der Waals surface area contributed by atoms with Crippen molar-refractivity contribution in [2.75, 3.05) is 31.9 Å². The SMILES string of the molecule is Nc1cccc(CN2CCC3=C(C2)C(=O)N(Cc2ccc(C(F)(F)F)c(F)c2)C2=NCCN23)c1. The molecule has 0 fully saturated rings. The molecule has 0 aliphatic carbocycles. The quantitative estimate of drug-likeness (QED) is 0.545. The molecule has 34 heavy (non-hydrogen) atoms. The summed E-state index contributed by atoms with van der Waals surface area (Å²) in [4.78, 5) is 23.6. The van der Waals surface area contributed by atoms with Gasteiger partial charge < -0.3 is 10.6 Å². The normalized spacial score (nSPS) is 18.8. The Hall–Kier alpha value is -3.40. The first kappa shape index (κ1) is 22.4. The van der Waals surface area contributed by atoms with Crippen LogP contribution >= 0.6 is 0 Å². The van der Waals surface area contributed by atoms with Crippen LogP contribution in [0.25, 0.3) is 0 Å². The van der Waals surface area contributed by atoms with Gasteiger partial charge in [0.15, 0.2) is 0 Å². The van der Waals surface area contributed by atoms with E-state index < -0.39 is 17.6 Å². The molecule has 0 unspecified atom stereocenters. The van der Waals surface area contributed by atoms with Gasteiger partial charge in [-0.3, -0.25) is 19.6 Å². The Morgan fingerprint density at radius 3 is 2.56 bits per heavy atom. The Bertz CT molecular complexity index is 1210. The van der Waals surface area contributed by atoms with Gasteiger partial charge in [0, 0.05) is 44.0 Å². The molecule has 0 spiro atoms. The predicted molar refractivity (Wildman–Crippen MR) is 119 cm³/mol. The molecule has 0 aromatic heterocycles. The van der Waals surface area contributed by atoms with Crippen molar-refractivity contribution in [3.8, 4) is 0 Å². The number of hydrogen-bond donors (Lipinski definition) is 1. The number of nitrogens with zero attached hydrogens (tertiary/aromatic N) is 4. The lowest BCUT2D eigenvalue weighted by molar-refractivity contribution is -0.140. The molecule has 3 aliphatic heterocycles. The number of nitrogen functional groups attached to an aromatic ring is 1. The van der Waals surface area contributed by atoms with Gasteiger partial charge in [-0.2, -0.15) is 13.2 Å². The van der Waals surface area contributed by atoms with Crippen molar-refractivity contribution < 1.29 is 22.4 Å². The van der Waals surface area contributed by atoms with E-state index in [0.717, 1.165) is 23.9 Å². The second-order valence-corrected chi connectivity index (χ2v) is 8.67. The molecule has 2 aromatic carbocycles. The molecule has 5 rings (SSSR count). The minimum Gasteiger partial charge on any atom is -0.399 e. The van der Waals surface area contributed by atoms with Gasteiger partial charge in [0.25, 0.3) is 5.91 Å². The lowest BCUT2D eigenvalue weighted by Gasteiger charge is -2.42. The van der Waals surface area contributed by atoms with Crippen LogP contribution < -0.4 is 5.73 Å². The fourth-order valence-electron chi connectivity index (χ4n) is 4.77. The molecule has 3 heterocycles. The Morgan fingerprint density at radius 1 is 1.03 bits per heavy atom. The molecule has 10 heteroatoms. The number of aliphatic imine (C=N–C) groups is 1. The molecule has 0 radical (unpaired) electrons. The first-order chi connectivity index (χ1) is 16.2. The van der Waals surface area contributed by atoms with E-state index in [0.29, 0.717) is 55.9 Å².